The zero-order valence-electron chi connectivity index (χ0n) is 70.1. The zero-order valence-corrected chi connectivity index (χ0v) is 70.1. The molecule has 0 radical (unpaired) electrons. The molecule has 0 aliphatic heterocycles. The number of nitrogens with zero attached hydrogens (tertiary/aromatic N) is 1. The Hall–Kier alpha value is -11.7. The van der Waals surface area contributed by atoms with Crippen molar-refractivity contribution < 1.29 is 13.3 Å². The summed E-state index contributed by atoms with van der Waals surface area (Å²) in [6.07, 6.45) is 29.2. The fourth-order valence-corrected chi connectivity index (χ4v) is 25.0. The van der Waals surface area contributed by atoms with Gasteiger partial charge in [-0.2, -0.15) is 0 Å². The maximum absolute atomic E-state index is 7.78. The fraction of sp³-hybridized carbons (Fsp3) is 0.276. The van der Waals surface area contributed by atoms with Crippen LogP contribution in [0, 0.1) is 0 Å². The Morgan fingerprint density at radius 2 is 0.592 bits per heavy atom. The summed E-state index contributed by atoms with van der Waals surface area (Å²) in [7, 11) is 0. The number of hydrogen-bond acceptors (Lipinski definition) is 4. The first-order chi connectivity index (χ1) is 59.4. The summed E-state index contributed by atoms with van der Waals surface area (Å²) < 4.78 is 21.6. The van der Waals surface area contributed by atoms with Crippen molar-refractivity contribution in [3.8, 4) is 66.8 Å². The van der Waals surface area contributed by atoms with E-state index in [9.17, 15) is 0 Å². The number of furan rings is 3. The van der Waals surface area contributed by atoms with Crippen LogP contribution in [-0.2, 0) is 21.7 Å². The summed E-state index contributed by atoms with van der Waals surface area (Å²) in [5.41, 5.74) is 39.9. The quantitative estimate of drug-likeness (QED) is 0.0481. The normalized spacial score (nSPS) is 14.9. The van der Waals surface area contributed by atoms with E-state index < -0.39 is 10.8 Å². The van der Waals surface area contributed by atoms with E-state index in [4.69, 9.17) is 13.3 Å². The second kappa shape index (κ2) is 29.0. The summed E-state index contributed by atoms with van der Waals surface area (Å²) in [6.45, 7) is 9.51. The molecule has 14 aromatic carbocycles. The molecule has 120 heavy (non-hydrogen) atoms. The van der Waals surface area contributed by atoms with Crippen LogP contribution in [0.5, 0.6) is 0 Å². The van der Waals surface area contributed by atoms with Crippen molar-refractivity contribution >= 4 is 82.9 Å². The second-order valence-electron chi connectivity index (χ2n) is 36.3. The van der Waals surface area contributed by atoms with Crippen LogP contribution in [0.4, 0.5) is 17.1 Å². The van der Waals surface area contributed by atoms with Crippen LogP contribution < -0.4 is 4.90 Å². The van der Waals surface area contributed by atoms with Crippen LogP contribution in [0.3, 0.4) is 0 Å². The minimum atomic E-state index is -0.730. The molecule has 6 aliphatic carbocycles. The second-order valence-corrected chi connectivity index (χ2v) is 36.3. The predicted octanol–water partition coefficient (Wildman–Crippen LogP) is 33.5. The first kappa shape index (κ1) is 73.4. The third kappa shape index (κ3) is 10.4. The number of fused-ring (bicyclic) bond motifs is 39. The molecule has 0 amide bonds. The van der Waals surface area contributed by atoms with Crippen LogP contribution in [0.1, 0.15) is 249 Å². The van der Waals surface area contributed by atoms with E-state index >= 15 is 0 Å². The monoisotopic (exact) mass is 1560 g/mol. The number of anilines is 3. The third-order valence-electron chi connectivity index (χ3n) is 30.0. The summed E-state index contributed by atoms with van der Waals surface area (Å²) in [5.74, 6) is 0. The van der Waals surface area contributed by atoms with Gasteiger partial charge in [0.25, 0.3) is 0 Å². The molecule has 0 unspecified atom stereocenters. The first-order valence-electron chi connectivity index (χ1n) is 46.0. The number of para-hydroxylation sites is 3. The Balaban J connectivity index is 0.801. The fourth-order valence-electron chi connectivity index (χ4n) is 25.0. The maximum atomic E-state index is 7.78. The van der Waals surface area contributed by atoms with Crippen molar-refractivity contribution in [1.29, 1.82) is 0 Å². The van der Waals surface area contributed by atoms with E-state index in [1.165, 1.54) is 249 Å². The van der Waals surface area contributed by atoms with Crippen LogP contribution in [0.2, 0.25) is 0 Å². The van der Waals surface area contributed by atoms with Gasteiger partial charge in [0.2, 0.25) is 0 Å². The van der Waals surface area contributed by atoms with Crippen molar-refractivity contribution in [2.45, 2.75) is 203 Å². The zero-order chi connectivity index (χ0) is 80.0. The lowest BCUT2D eigenvalue weighted by atomic mass is 9.62. The molecule has 0 N–H and O–H groups in total. The van der Waals surface area contributed by atoms with Crippen molar-refractivity contribution in [2.24, 2.45) is 0 Å². The van der Waals surface area contributed by atoms with Gasteiger partial charge in [-0.25, -0.2) is 0 Å². The Labute approximate surface area is 706 Å². The average Bonchev–Trinajstić information content (AvgIpc) is 1.49. The van der Waals surface area contributed by atoms with Crippen LogP contribution in [-0.4, -0.2) is 0 Å². The highest BCUT2D eigenvalue weighted by Crippen LogP contribution is 2.72. The Morgan fingerprint density at radius 1 is 0.225 bits per heavy atom. The van der Waals surface area contributed by atoms with E-state index in [1.807, 2.05) is 0 Å². The van der Waals surface area contributed by atoms with Gasteiger partial charge in [-0.3, -0.25) is 0 Å². The standard InChI is InChI=1S/C116H105NO3/c1-5-9-13-17-37-65-113(66-38-18-14-10-6-2)90-49-29-25-46-83(90)107-108-86-48-28-36-56-102(86)120-112(108)109-84-61-58-75(70-96(84)114(111(109)110(107)113,67-39-19-15-11-7-3)68-40-20-16-12-8-4)117(74-59-63-103-88(69-74)82-45-26-34-54-100(82)118-103)76-57-60-81-87-72-99-89(73-98(87)116(97(81)71-76)93-52-32-23-43-79(93)80-44-24-33-53-94(80)116)105-95(62-64-104-106(105)85-47-27-35-55-101(85)119-104)115(99)91-50-30-21-41-77(91)78-42-22-31-51-92(78)115/h21-36,41-64,69-73H,5-20,37-40,65-68H2,1-4H3. The van der Waals surface area contributed by atoms with E-state index in [2.05, 4.69) is 306 Å². The molecule has 6 aliphatic rings. The summed E-state index contributed by atoms with van der Waals surface area (Å²) >= 11 is 0. The molecular weight excluding hydrogens is 1460 g/mol. The van der Waals surface area contributed by atoms with E-state index in [-0.39, 0.29) is 10.8 Å². The molecule has 0 atom stereocenters. The predicted molar refractivity (Wildman–Crippen MR) is 501 cm³/mol. The number of rotatable bonds is 27. The van der Waals surface area contributed by atoms with Gasteiger partial charge in [-0.15, -0.1) is 0 Å². The number of benzene rings is 14. The van der Waals surface area contributed by atoms with Gasteiger partial charge in [-0.05, 0) is 233 Å². The van der Waals surface area contributed by atoms with Crippen LogP contribution in [0.15, 0.2) is 286 Å². The molecule has 23 rings (SSSR count). The van der Waals surface area contributed by atoms with Crippen molar-refractivity contribution in [2.75, 3.05) is 4.90 Å². The lowest BCUT2D eigenvalue weighted by Crippen LogP contribution is -2.33. The van der Waals surface area contributed by atoms with E-state index in [0.717, 1.165) is 105 Å². The average molecular weight is 1560 g/mol. The lowest BCUT2D eigenvalue weighted by molar-refractivity contribution is 0.369. The molecule has 0 fully saturated rings. The highest BCUT2D eigenvalue weighted by molar-refractivity contribution is 6.22. The van der Waals surface area contributed by atoms with Crippen molar-refractivity contribution in [1.82, 2.24) is 0 Å². The van der Waals surface area contributed by atoms with Gasteiger partial charge >= 0.3 is 0 Å². The Bertz CT molecular complexity index is 6860. The SMILES string of the molecule is CCCCCCCC1(CCCCCCC)c2cc(N(c3ccc4c(c3)C3(c5ccccc5-c5ccccc53)c3cc5c(cc3-4)C3(c4ccccc4-c4ccccc43)c3ccc4oc6ccccc6c4c3-5)c3ccc4oc5ccccc5c4c3)ccc2-c2c1c1c(c3c2oc2ccccc23)-c2ccccc2C1(CCCCCCC)CCCCCCC. The lowest BCUT2D eigenvalue weighted by Gasteiger charge is -2.40. The topological polar surface area (TPSA) is 42.7 Å². The molecular formula is C116H105NO3. The number of hydrogen-bond donors (Lipinski definition) is 0. The minimum Gasteiger partial charge on any atom is -0.456 e. The molecule has 0 saturated heterocycles. The third-order valence-corrected chi connectivity index (χ3v) is 30.0. The molecule has 3 aromatic heterocycles. The first-order valence-corrected chi connectivity index (χ1v) is 46.0. The largest absolute Gasteiger partial charge is 0.456 e. The summed E-state index contributed by atoms with van der Waals surface area (Å²) in [6, 6.07) is 107. The molecule has 0 bridgehead atoms. The van der Waals surface area contributed by atoms with Crippen molar-refractivity contribution in [3.63, 3.8) is 0 Å². The minimum absolute atomic E-state index is 0.193. The molecule has 4 heteroatoms. The van der Waals surface area contributed by atoms with Crippen LogP contribution in [0.25, 0.3) is 133 Å². The van der Waals surface area contributed by atoms with E-state index in [1.54, 1.807) is 16.7 Å². The summed E-state index contributed by atoms with van der Waals surface area (Å²) in [5, 5.41) is 7.12. The summed E-state index contributed by atoms with van der Waals surface area (Å²) in [4.78, 5) is 2.67. The van der Waals surface area contributed by atoms with E-state index in [0.29, 0.717) is 0 Å². The molecule has 0 saturated carbocycles. The Kier molecular flexibility index (Phi) is 17.8. The van der Waals surface area contributed by atoms with Crippen LogP contribution >= 0.6 is 0 Å². The van der Waals surface area contributed by atoms with Gasteiger partial charge in [0.05, 0.1) is 10.8 Å². The molecule has 592 valence electrons. The molecule has 2 spiro atoms. The van der Waals surface area contributed by atoms with Gasteiger partial charge in [0.15, 0.2) is 0 Å². The molecule has 4 nitrogen and oxygen atoms in total. The maximum Gasteiger partial charge on any atom is 0.144 e. The van der Waals surface area contributed by atoms with Gasteiger partial charge in [0, 0.05) is 65.8 Å². The van der Waals surface area contributed by atoms with Gasteiger partial charge in [-0.1, -0.05) is 350 Å². The highest BCUT2D eigenvalue weighted by Gasteiger charge is 2.59. The Morgan fingerprint density at radius 3 is 1.16 bits per heavy atom. The molecule has 3 heterocycles. The van der Waals surface area contributed by atoms with Gasteiger partial charge < -0.3 is 18.2 Å². The number of unbranched alkanes of at least 4 members (excludes halogenated alkanes) is 16. The smallest absolute Gasteiger partial charge is 0.144 e. The van der Waals surface area contributed by atoms with Gasteiger partial charge in [0.1, 0.15) is 33.5 Å². The highest BCUT2D eigenvalue weighted by atomic mass is 16.3. The molecule has 17 aromatic rings. The van der Waals surface area contributed by atoms with Crippen molar-refractivity contribution in [3.05, 3.63) is 340 Å².